The number of aromatic nitrogens is 1. The molecule has 0 spiro atoms. The molecule has 0 atom stereocenters. The average Bonchev–Trinajstić information content (AvgIpc) is 2.55. The highest BCUT2D eigenvalue weighted by molar-refractivity contribution is 6.09. The van der Waals surface area contributed by atoms with E-state index in [0.29, 0.717) is 17.2 Å². The van der Waals surface area contributed by atoms with Crippen molar-refractivity contribution in [3.05, 3.63) is 35.0 Å². The van der Waals surface area contributed by atoms with E-state index in [1.165, 1.54) is 0 Å². The predicted octanol–water partition coefficient (Wildman–Crippen LogP) is 1.99. The summed E-state index contributed by atoms with van der Waals surface area (Å²) in [6.07, 6.45) is 0.527. The first kappa shape index (κ1) is 9.45. The Labute approximate surface area is 85.5 Å². The number of benzene rings is 1. The van der Waals surface area contributed by atoms with Crippen LogP contribution >= 0.6 is 0 Å². The Morgan fingerprint density at radius 2 is 2.20 bits per heavy atom. The van der Waals surface area contributed by atoms with Gasteiger partial charge in [0.1, 0.15) is 0 Å². The van der Waals surface area contributed by atoms with Gasteiger partial charge in [-0.1, -0.05) is 11.6 Å². The standard InChI is InChI=1S/C11H9NO3/c1-6-2-3-8-7(4-6)10(11(14)15)9(5-13)12-8/h2-5,12H,1H3,(H,14,15). The van der Waals surface area contributed by atoms with Crippen LogP contribution in [0.3, 0.4) is 0 Å². The van der Waals surface area contributed by atoms with E-state index in [1.54, 1.807) is 12.1 Å². The molecule has 0 bridgehead atoms. The molecule has 0 saturated heterocycles. The second-order valence-corrected chi connectivity index (χ2v) is 3.39. The molecule has 0 radical (unpaired) electrons. The Kier molecular flexibility index (Phi) is 2.04. The van der Waals surface area contributed by atoms with E-state index in [1.807, 2.05) is 13.0 Å². The number of aromatic amines is 1. The fraction of sp³-hybridized carbons (Fsp3) is 0.0909. The topological polar surface area (TPSA) is 70.2 Å². The molecular weight excluding hydrogens is 194 g/mol. The molecule has 2 aromatic rings. The van der Waals surface area contributed by atoms with Crippen LogP contribution in [-0.4, -0.2) is 22.3 Å². The van der Waals surface area contributed by atoms with E-state index in [9.17, 15) is 9.59 Å². The van der Waals surface area contributed by atoms with Crippen LogP contribution in [0.15, 0.2) is 18.2 Å². The van der Waals surface area contributed by atoms with Gasteiger partial charge in [0, 0.05) is 10.9 Å². The van der Waals surface area contributed by atoms with Crippen molar-refractivity contribution in [3.8, 4) is 0 Å². The van der Waals surface area contributed by atoms with Crippen molar-refractivity contribution < 1.29 is 14.7 Å². The zero-order valence-electron chi connectivity index (χ0n) is 8.07. The molecule has 0 aliphatic heterocycles. The number of aromatic carboxylic acids is 1. The Balaban J connectivity index is 2.88. The highest BCUT2D eigenvalue weighted by Gasteiger charge is 2.16. The third-order valence-electron chi connectivity index (χ3n) is 2.31. The largest absolute Gasteiger partial charge is 0.478 e. The van der Waals surface area contributed by atoms with Crippen LogP contribution in [0.5, 0.6) is 0 Å². The lowest BCUT2D eigenvalue weighted by Gasteiger charge is -1.94. The summed E-state index contributed by atoms with van der Waals surface area (Å²) in [5, 5.41) is 9.57. The van der Waals surface area contributed by atoms with Crippen LogP contribution in [0.2, 0.25) is 0 Å². The van der Waals surface area contributed by atoms with Gasteiger partial charge in [0.25, 0.3) is 0 Å². The minimum atomic E-state index is -1.09. The molecule has 0 amide bonds. The van der Waals surface area contributed by atoms with Crippen LogP contribution in [0.25, 0.3) is 10.9 Å². The summed E-state index contributed by atoms with van der Waals surface area (Å²) in [4.78, 5) is 24.5. The maximum atomic E-state index is 11.0. The summed E-state index contributed by atoms with van der Waals surface area (Å²) in [5.74, 6) is -1.09. The van der Waals surface area contributed by atoms with E-state index in [-0.39, 0.29) is 11.3 Å². The Hall–Kier alpha value is -2.10. The number of carboxylic acids is 1. The van der Waals surface area contributed by atoms with E-state index >= 15 is 0 Å². The van der Waals surface area contributed by atoms with Crippen molar-refractivity contribution >= 4 is 23.2 Å². The summed E-state index contributed by atoms with van der Waals surface area (Å²) >= 11 is 0. The zero-order chi connectivity index (χ0) is 11.0. The quantitative estimate of drug-likeness (QED) is 0.733. The Bertz CT molecular complexity index is 554. The van der Waals surface area contributed by atoms with E-state index in [4.69, 9.17) is 5.11 Å². The maximum Gasteiger partial charge on any atom is 0.338 e. The molecule has 1 heterocycles. The summed E-state index contributed by atoms with van der Waals surface area (Å²) in [6, 6.07) is 5.38. The number of rotatable bonds is 2. The molecule has 76 valence electrons. The van der Waals surface area contributed by atoms with Gasteiger partial charge in [0.2, 0.25) is 0 Å². The number of fused-ring (bicyclic) bond motifs is 1. The minimum absolute atomic E-state index is 0.0451. The third kappa shape index (κ3) is 1.40. The molecule has 4 nitrogen and oxygen atoms in total. The molecule has 0 aliphatic carbocycles. The number of H-pyrrole nitrogens is 1. The van der Waals surface area contributed by atoms with Gasteiger partial charge in [-0.3, -0.25) is 4.79 Å². The molecule has 4 heteroatoms. The third-order valence-corrected chi connectivity index (χ3v) is 2.31. The fourth-order valence-corrected chi connectivity index (χ4v) is 1.65. The van der Waals surface area contributed by atoms with E-state index in [0.717, 1.165) is 5.56 Å². The number of carboxylic acid groups (broad SMARTS) is 1. The second kappa shape index (κ2) is 3.24. The fourth-order valence-electron chi connectivity index (χ4n) is 1.65. The molecule has 0 fully saturated rings. The van der Waals surface area contributed by atoms with Gasteiger partial charge in [0.05, 0.1) is 11.3 Å². The van der Waals surface area contributed by atoms with Crippen molar-refractivity contribution in [2.24, 2.45) is 0 Å². The van der Waals surface area contributed by atoms with Crippen LogP contribution in [0, 0.1) is 6.92 Å². The zero-order valence-corrected chi connectivity index (χ0v) is 8.07. The van der Waals surface area contributed by atoms with Crippen LogP contribution in [0.4, 0.5) is 0 Å². The van der Waals surface area contributed by atoms with Crippen LogP contribution in [-0.2, 0) is 0 Å². The summed E-state index contributed by atoms with van der Waals surface area (Å²) < 4.78 is 0. The number of aldehydes is 1. The highest BCUT2D eigenvalue weighted by atomic mass is 16.4. The SMILES string of the molecule is Cc1ccc2[nH]c(C=O)c(C(=O)O)c2c1. The average molecular weight is 203 g/mol. The lowest BCUT2D eigenvalue weighted by Crippen LogP contribution is -1.99. The highest BCUT2D eigenvalue weighted by Crippen LogP contribution is 2.22. The number of hydrogen-bond donors (Lipinski definition) is 2. The van der Waals surface area contributed by atoms with Crippen molar-refractivity contribution in [1.29, 1.82) is 0 Å². The molecule has 15 heavy (non-hydrogen) atoms. The molecular formula is C11H9NO3. The number of hydrogen-bond acceptors (Lipinski definition) is 2. The van der Waals surface area contributed by atoms with E-state index in [2.05, 4.69) is 4.98 Å². The first-order chi connectivity index (χ1) is 7.13. The van der Waals surface area contributed by atoms with Gasteiger partial charge in [0.15, 0.2) is 6.29 Å². The molecule has 1 aromatic carbocycles. The van der Waals surface area contributed by atoms with Gasteiger partial charge >= 0.3 is 5.97 Å². The molecule has 0 unspecified atom stereocenters. The minimum Gasteiger partial charge on any atom is -0.478 e. The van der Waals surface area contributed by atoms with E-state index < -0.39 is 5.97 Å². The lowest BCUT2D eigenvalue weighted by atomic mass is 10.1. The summed E-state index contributed by atoms with van der Waals surface area (Å²) in [5.41, 5.74) is 1.79. The van der Waals surface area contributed by atoms with Crippen molar-refractivity contribution in [1.82, 2.24) is 4.98 Å². The Morgan fingerprint density at radius 1 is 1.47 bits per heavy atom. The van der Waals surface area contributed by atoms with Gasteiger partial charge in [-0.25, -0.2) is 4.79 Å². The van der Waals surface area contributed by atoms with Gasteiger partial charge in [-0.2, -0.15) is 0 Å². The summed E-state index contributed by atoms with van der Waals surface area (Å²) in [6.45, 7) is 1.87. The van der Waals surface area contributed by atoms with Crippen LogP contribution < -0.4 is 0 Å². The molecule has 0 aliphatic rings. The first-order valence-electron chi connectivity index (χ1n) is 4.44. The molecule has 1 aromatic heterocycles. The lowest BCUT2D eigenvalue weighted by molar-refractivity contribution is 0.0696. The van der Waals surface area contributed by atoms with Gasteiger partial charge < -0.3 is 10.1 Å². The summed E-state index contributed by atoms with van der Waals surface area (Å²) in [7, 11) is 0. The normalized spacial score (nSPS) is 10.5. The smallest absolute Gasteiger partial charge is 0.338 e. The second-order valence-electron chi connectivity index (χ2n) is 3.39. The predicted molar refractivity (Wildman–Crippen MR) is 55.4 cm³/mol. The van der Waals surface area contributed by atoms with Crippen molar-refractivity contribution in [2.75, 3.05) is 0 Å². The molecule has 2 rings (SSSR count). The van der Waals surface area contributed by atoms with Crippen LogP contribution in [0.1, 0.15) is 26.4 Å². The Morgan fingerprint density at radius 3 is 2.80 bits per heavy atom. The number of carbonyl (C=O) groups excluding carboxylic acids is 1. The number of nitrogens with one attached hydrogen (secondary N) is 1. The first-order valence-corrected chi connectivity index (χ1v) is 4.44. The maximum absolute atomic E-state index is 11.0. The molecule has 0 saturated carbocycles. The monoisotopic (exact) mass is 203 g/mol. The van der Waals surface area contributed by atoms with Gasteiger partial charge in [-0.05, 0) is 19.1 Å². The van der Waals surface area contributed by atoms with Crippen molar-refractivity contribution in [2.45, 2.75) is 6.92 Å². The number of aryl methyl sites for hydroxylation is 1. The molecule has 2 N–H and O–H groups in total. The number of carbonyl (C=O) groups is 2. The van der Waals surface area contributed by atoms with Crippen molar-refractivity contribution in [3.63, 3.8) is 0 Å². The van der Waals surface area contributed by atoms with Gasteiger partial charge in [-0.15, -0.1) is 0 Å².